The van der Waals surface area contributed by atoms with Crippen LogP contribution >= 0.6 is 0 Å². The molecule has 2 aromatic rings. The van der Waals surface area contributed by atoms with Crippen LogP contribution in [0.1, 0.15) is 37.7 Å². The van der Waals surface area contributed by atoms with Crippen molar-refractivity contribution in [3.05, 3.63) is 59.4 Å². The van der Waals surface area contributed by atoms with Crippen molar-refractivity contribution in [1.29, 1.82) is 0 Å². The van der Waals surface area contributed by atoms with Gasteiger partial charge in [0.1, 0.15) is 23.6 Å². The minimum Gasteiger partial charge on any atom is -0.368 e. The van der Waals surface area contributed by atoms with Crippen molar-refractivity contribution in [1.82, 2.24) is 9.62 Å². The molecule has 1 spiro atoms. The van der Waals surface area contributed by atoms with Gasteiger partial charge in [-0.3, -0.25) is 4.79 Å². The Morgan fingerprint density at radius 3 is 2.32 bits per heavy atom. The quantitative estimate of drug-likeness (QED) is 0.544. The summed E-state index contributed by atoms with van der Waals surface area (Å²) in [5, 5.41) is -2.32. The minimum absolute atomic E-state index is 0.0168. The predicted octanol–water partition coefficient (Wildman–Crippen LogP) is 3.84. The molecule has 0 aromatic heterocycles. The van der Waals surface area contributed by atoms with E-state index < -0.39 is 56.1 Å². The van der Waals surface area contributed by atoms with Gasteiger partial charge in [0, 0.05) is 48.9 Å². The molecule has 2 saturated heterocycles. The molecule has 1 amide bonds. The van der Waals surface area contributed by atoms with Crippen LogP contribution in [-0.4, -0.2) is 55.6 Å². The van der Waals surface area contributed by atoms with E-state index in [9.17, 15) is 26.4 Å². The molecule has 2 heterocycles. The third-order valence-electron chi connectivity index (χ3n) is 8.17. The van der Waals surface area contributed by atoms with Gasteiger partial charge >= 0.3 is 0 Å². The highest BCUT2D eigenvalue weighted by Gasteiger charge is 2.65. The van der Waals surface area contributed by atoms with E-state index in [-0.39, 0.29) is 48.4 Å². The molecular formula is C26H26F4N2O4S. The van der Waals surface area contributed by atoms with E-state index in [4.69, 9.17) is 4.74 Å². The molecule has 198 valence electrons. The SMILES string of the molecule is O=C([C@H]1CCO1)N1CC2(CC2)[C@H](NS(=O)(=O)C2(F)CC2)[C@@H]1Cc1cccc(-c2cc(F)cc(F)c2)c1F. The van der Waals surface area contributed by atoms with Gasteiger partial charge in [-0.2, -0.15) is 0 Å². The number of benzene rings is 2. The van der Waals surface area contributed by atoms with E-state index in [0.29, 0.717) is 31.9 Å². The van der Waals surface area contributed by atoms with Crippen molar-refractivity contribution in [2.45, 2.75) is 61.7 Å². The Kier molecular flexibility index (Phi) is 5.70. The van der Waals surface area contributed by atoms with Crippen molar-refractivity contribution < 1.29 is 35.5 Å². The number of halogens is 4. The number of alkyl halides is 1. The first-order valence-corrected chi connectivity index (χ1v) is 13.9. The lowest BCUT2D eigenvalue weighted by Gasteiger charge is -2.34. The molecule has 11 heteroatoms. The number of carbonyl (C=O) groups is 1. The number of rotatable bonds is 7. The van der Waals surface area contributed by atoms with Crippen LogP contribution < -0.4 is 4.72 Å². The third kappa shape index (κ3) is 4.24. The first-order valence-electron chi connectivity index (χ1n) is 12.4. The molecule has 4 aliphatic rings. The van der Waals surface area contributed by atoms with Gasteiger partial charge in [0.2, 0.25) is 15.0 Å². The largest absolute Gasteiger partial charge is 0.368 e. The second-order valence-electron chi connectivity index (χ2n) is 10.7. The minimum atomic E-state index is -4.32. The summed E-state index contributed by atoms with van der Waals surface area (Å²) in [5.74, 6) is -2.71. The van der Waals surface area contributed by atoms with E-state index in [1.807, 2.05) is 0 Å². The molecule has 4 fully saturated rings. The molecule has 6 rings (SSSR count). The molecule has 0 bridgehead atoms. The molecule has 0 radical (unpaired) electrons. The molecule has 1 N–H and O–H groups in total. The van der Waals surface area contributed by atoms with E-state index >= 15 is 4.39 Å². The van der Waals surface area contributed by atoms with Crippen molar-refractivity contribution in [3.8, 4) is 11.1 Å². The first-order chi connectivity index (χ1) is 17.5. The van der Waals surface area contributed by atoms with Crippen LogP contribution in [0, 0.1) is 22.9 Å². The zero-order valence-electron chi connectivity index (χ0n) is 19.9. The molecule has 3 atom stereocenters. The molecule has 37 heavy (non-hydrogen) atoms. The Labute approximate surface area is 212 Å². The smallest absolute Gasteiger partial charge is 0.252 e. The molecule has 2 saturated carbocycles. The number of carbonyl (C=O) groups excluding carboxylic acids is 1. The maximum atomic E-state index is 15.7. The van der Waals surface area contributed by atoms with Crippen molar-refractivity contribution >= 4 is 15.9 Å². The van der Waals surface area contributed by atoms with Gasteiger partial charge in [0.15, 0.2) is 0 Å². The Morgan fingerprint density at radius 1 is 1.08 bits per heavy atom. The molecule has 2 aliphatic heterocycles. The van der Waals surface area contributed by atoms with Crippen LogP contribution in [0.5, 0.6) is 0 Å². The Bertz CT molecular complexity index is 1350. The summed E-state index contributed by atoms with van der Waals surface area (Å²) in [7, 11) is -4.32. The first kappa shape index (κ1) is 24.8. The Morgan fingerprint density at radius 2 is 1.76 bits per heavy atom. The summed E-state index contributed by atoms with van der Waals surface area (Å²) in [6, 6.07) is 5.59. The van der Waals surface area contributed by atoms with Gasteiger partial charge in [-0.05, 0) is 42.5 Å². The topological polar surface area (TPSA) is 75.7 Å². The maximum absolute atomic E-state index is 15.7. The summed E-state index contributed by atoms with van der Waals surface area (Å²) >= 11 is 0. The molecule has 6 nitrogen and oxygen atoms in total. The van der Waals surface area contributed by atoms with Gasteiger partial charge in [0.25, 0.3) is 5.91 Å². The van der Waals surface area contributed by atoms with Crippen LogP contribution in [0.2, 0.25) is 0 Å². The zero-order valence-corrected chi connectivity index (χ0v) is 20.7. The number of amides is 1. The molecular weight excluding hydrogens is 512 g/mol. The van der Waals surface area contributed by atoms with Crippen molar-refractivity contribution in [2.75, 3.05) is 13.2 Å². The highest BCUT2D eigenvalue weighted by molar-refractivity contribution is 7.91. The Balaban J connectivity index is 1.37. The van der Waals surface area contributed by atoms with Gasteiger partial charge < -0.3 is 9.64 Å². The van der Waals surface area contributed by atoms with E-state index in [1.54, 1.807) is 11.0 Å². The number of nitrogens with one attached hydrogen (secondary N) is 1. The van der Waals surface area contributed by atoms with Crippen LogP contribution in [0.25, 0.3) is 11.1 Å². The lowest BCUT2D eigenvalue weighted by atomic mass is 9.91. The Hall–Kier alpha value is -2.50. The molecule has 0 unspecified atom stereocenters. The number of sulfonamides is 1. The summed E-state index contributed by atoms with van der Waals surface area (Å²) in [4.78, 5) is 14.8. The third-order valence-corrected chi connectivity index (χ3v) is 10.1. The molecule has 2 aromatic carbocycles. The van der Waals surface area contributed by atoms with Gasteiger partial charge in [-0.15, -0.1) is 0 Å². The lowest BCUT2D eigenvalue weighted by Crippen LogP contribution is -2.54. The second kappa shape index (κ2) is 8.51. The van der Waals surface area contributed by atoms with Gasteiger partial charge in [-0.1, -0.05) is 18.2 Å². The fourth-order valence-electron chi connectivity index (χ4n) is 5.60. The van der Waals surface area contributed by atoms with E-state index in [0.717, 1.165) is 12.1 Å². The number of hydrogen-bond acceptors (Lipinski definition) is 4. The van der Waals surface area contributed by atoms with Crippen LogP contribution in [0.3, 0.4) is 0 Å². The number of nitrogens with zero attached hydrogens (tertiary/aromatic N) is 1. The fraction of sp³-hybridized carbons (Fsp3) is 0.500. The van der Waals surface area contributed by atoms with Crippen molar-refractivity contribution in [3.63, 3.8) is 0 Å². The number of likely N-dealkylation sites (tertiary alicyclic amines) is 1. The van der Waals surface area contributed by atoms with Gasteiger partial charge in [-0.25, -0.2) is 30.7 Å². The average Bonchev–Trinajstić information content (AvgIpc) is 3.70. The number of hydrogen-bond donors (Lipinski definition) is 1. The zero-order chi connectivity index (χ0) is 26.2. The van der Waals surface area contributed by atoms with E-state index in [2.05, 4.69) is 4.72 Å². The fourth-order valence-corrected chi connectivity index (χ4v) is 7.19. The maximum Gasteiger partial charge on any atom is 0.252 e. The normalized spacial score (nSPS) is 27.2. The number of ether oxygens (including phenoxy) is 1. The van der Waals surface area contributed by atoms with Gasteiger partial charge in [0.05, 0.1) is 12.6 Å². The van der Waals surface area contributed by atoms with Crippen LogP contribution in [0.4, 0.5) is 17.6 Å². The monoisotopic (exact) mass is 538 g/mol. The molecule has 2 aliphatic carbocycles. The summed E-state index contributed by atoms with van der Waals surface area (Å²) < 4.78 is 91.8. The highest BCUT2D eigenvalue weighted by atomic mass is 32.2. The summed E-state index contributed by atoms with van der Waals surface area (Å²) in [6.07, 6.45) is 0.944. The van der Waals surface area contributed by atoms with Crippen LogP contribution in [0.15, 0.2) is 36.4 Å². The average molecular weight is 539 g/mol. The van der Waals surface area contributed by atoms with Crippen LogP contribution in [-0.2, 0) is 26.0 Å². The van der Waals surface area contributed by atoms with E-state index in [1.165, 1.54) is 12.1 Å². The summed E-state index contributed by atoms with van der Waals surface area (Å²) in [5.41, 5.74) is -0.402. The lowest BCUT2D eigenvalue weighted by molar-refractivity contribution is -0.157. The second-order valence-corrected chi connectivity index (χ2v) is 12.6. The summed E-state index contributed by atoms with van der Waals surface area (Å²) in [6.45, 7) is 0.709. The standard InChI is InChI=1S/C26H26F4N2O4S/c27-17-10-16(11-18(28)13-17)19-3-1-2-15(22(19)29)12-20-23(31-37(34,35)26(30)7-8-26)25(5-6-25)14-32(20)24(33)21-4-9-36-21/h1-3,10-11,13,20-21,23,31H,4-9,12,14H2/t20-,21+,23+/m0/s1. The highest BCUT2D eigenvalue weighted by Crippen LogP contribution is 2.57. The van der Waals surface area contributed by atoms with Crippen molar-refractivity contribution in [2.24, 2.45) is 5.41 Å². The predicted molar refractivity (Wildman–Crippen MR) is 126 cm³/mol.